The first-order chi connectivity index (χ1) is 15.9. The molecule has 2 fully saturated rings. The Labute approximate surface area is 195 Å². The van der Waals surface area contributed by atoms with E-state index in [-0.39, 0.29) is 17.9 Å². The van der Waals surface area contributed by atoms with Crippen LogP contribution in [0.1, 0.15) is 64.8 Å². The number of nitrogens with one attached hydrogen (secondary N) is 2. The van der Waals surface area contributed by atoms with Gasteiger partial charge in [-0.3, -0.25) is 9.59 Å². The van der Waals surface area contributed by atoms with E-state index in [0.29, 0.717) is 22.9 Å². The third-order valence-electron chi connectivity index (χ3n) is 6.00. The van der Waals surface area contributed by atoms with Crippen LogP contribution in [0.5, 0.6) is 5.75 Å². The Balaban J connectivity index is 0.000000194. The summed E-state index contributed by atoms with van der Waals surface area (Å²) in [6.45, 7) is 6.71. The zero-order valence-electron chi connectivity index (χ0n) is 19.5. The molecule has 1 aromatic carbocycles. The molecule has 2 aliphatic carbocycles. The predicted octanol–water partition coefficient (Wildman–Crippen LogP) is 4.04. The van der Waals surface area contributed by atoms with Crippen molar-refractivity contribution in [1.82, 2.24) is 15.6 Å². The lowest BCUT2D eigenvalue weighted by Crippen LogP contribution is -2.36. The van der Waals surface area contributed by atoms with Crippen LogP contribution in [0, 0.1) is 12.8 Å². The first-order valence-corrected chi connectivity index (χ1v) is 11.5. The minimum Gasteiger partial charge on any atom is -0.496 e. The first-order valence-electron chi connectivity index (χ1n) is 11.5. The van der Waals surface area contributed by atoms with Gasteiger partial charge in [-0.15, -0.1) is 0 Å². The Bertz CT molecular complexity index is 984. The Hall–Kier alpha value is -3.35. The highest BCUT2D eigenvalue weighted by atomic mass is 16.5. The molecular formula is C26H34N4O3. The molecule has 1 atom stereocenters. The topological polar surface area (TPSA) is 106 Å². The van der Waals surface area contributed by atoms with Gasteiger partial charge in [-0.25, -0.2) is 4.98 Å². The quantitative estimate of drug-likeness (QED) is 0.576. The van der Waals surface area contributed by atoms with Crippen LogP contribution >= 0.6 is 0 Å². The summed E-state index contributed by atoms with van der Waals surface area (Å²) in [7, 11) is 1.62. The molecule has 0 radical (unpaired) electrons. The van der Waals surface area contributed by atoms with Crippen molar-refractivity contribution in [3.05, 3.63) is 65.4 Å². The number of pyridine rings is 1. The molecule has 7 heteroatoms. The number of anilines is 1. The lowest BCUT2D eigenvalue weighted by Gasteiger charge is -2.25. The van der Waals surface area contributed by atoms with Gasteiger partial charge in [0.15, 0.2) is 0 Å². The molecule has 1 heterocycles. The van der Waals surface area contributed by atoms with Gasteiger partial charge < -0.3 is 21.1 Å². The van der Waals surface area contributed by atoms with Crippen LogP contribution in [0.4, 0.5) is 5.82 Å². The number of amides is 2. The van der Waals surface area contributed by atoms with Crippen molar-refractivity contribution in [2.24, 2.45) is 5.92 Å². The van der Waals surface area contributed by atoms with Crippen LogP contribution in [-0.4, -0.2) is 36.5 Å². The predicted molar refractivity (Wildman–Crippen MR) is 130 cm³/mol. The van der Waals surface area contributed by atoms with E-state index in [2.05, 4.69) is 22.2 Å². The highest BCUT2D eigenvalue weighted by Gasteiger charge is 2.22. The van der Waals surface area contributed by atoms with Crippen LogP contribution in [-0.2, 0) is 0 Å². The molecule has 33 heavy (non-hydrogen) atoms. The second kappa shape index (κ2) is 11.5. The number of rotatable bonds is 6. The molecule has 0 spiro atoms. The molecule has 4 N–H and O–H groups in total. The highest BCUT2D eigenvalue weighted by molar-refractivity contribution is 5.96. The van der Waals surface area contributed by atoms with Crippen LogP contribution in [0.3, 0.4) is 0 Å². The summed E-state index contributed by atoms with van der Waals surface area (Å²) in [6.07, 6.45) is 8.10. The lowest BCUT2D eigenvalue weighted by molar-refractivity contribution is 0.0928. The third kappa shape index (κ3) is 7.34. The summed E-state index contributed by atoms with van der Waals surface area (Å²) >= 11 is 0. The van der Waals surface area contributed by atoms with Gasteiger partial charge in [0.25, 0.3) is 11.8 Å². The summed E-state index contributed by atoms with van der Waals surface area (Å²) < 4.78 is 5.25. The smallest absolute Gasteiger partial charge is 0.252 e. The van der Waals surface area contributed by atoms with E-state index < -0.39 is 0 Å². The maximum atomic E-state index is 12.3. The number of hydrogen-bond acceptors (Lipinski definition) is 5. The number of methoxy groups -OCH3 is 1. The van der Waals surface area contributed by atoms with Crippen molar-refractivity contribution in [2.75, 3.05) is 19.4 Å². The minimum absolute atomic E-state index is 0.0175. The summed E-state index contributed by atoms with van der Waals surface area (Å²) in [5.41, 5.74) is 8.80. The summed E-state index contributed by atoms with van der Waals surface area (Å²) in [6, 6.07) is 9.09. The fourth-order valence-electron chi connectivity index (χ4n) is 3.82. The first kappa shape index (κ1) is 24.3. The van der Waals surface area contributed by atoms with Crippen molar-refractivity contribution in [2.45, 2.75) is 51.5 Å². The monoisotopic (exact) mass is 450 g/mol. The molecular weight excluding hydrogens is 416 g/mol. The van der Waals surface area contributed by atoms with Gasteiger partial charge in [-0.2, -0.15) is 0 Å². The number of benzene rings is 1. The maximum Gasteiger partial charge on any atom is 0.252 e. The Morgan fingerprint density at radius 3 is 2.61 bits per heavy atom. The average molecular weight is 451 g/mol. The zero-order valence-corrected chi connectivity index (χ0v) is 19.5. The summed E-state index contributed by atoms with van der Waals surface area (Å²) in [5, 5.41) is 5.96. The summed E-state index contributed by atoms with van der Waals surface area (Å²) in [4.78, 5) is 27.7. The van der Waals surface area contributed by atoms with Crippen molar-refractivity contribution < 1.29 is 14.3 Å². The van der Waals surface area contributed by atoms with Gasteiger partial charge in [0.2, 0.25) is 0 Å². The van der Waals surface area contributed by atoms with E-state index in [1.54, 1.807) is 19.2 Å². The van der Waals surface area contributed by atoms with E-state index in [4.69, 9.17) is 10.5 Å². The van der Waals surface area contributed by atoms with E-state index >= 15 is 0 Å². The van der Waals surface area contributed by atoms with Crippen molar-refractivity contribution in [1.29, 1.82) is 0 Å². The van der Waals surface area contributed by atoms with Crippen molar-refractivity contribution >= 4 is 17.6 Å². The molecule has 0 aliphatic heterocycles. The molecule has 2 aromatic rings. The van der Waals surface area contributed by atoms with Gasteiger partial charge in [-0.05, 0) is 75.6 Å². The molecule has 4 rings (SSSR count). The van der Waals surface area contributed by atoms with Gasteiger partial charge in [0.1, 0.15) is 11.6 Å². The number of carbonyl (C=O) groups excluding carboxylic acids is 2. The van der Waals surface area contributed by atoms with Gasteiger partial charge in [0, 0.05) is 29.9 Å². The van der Waals surface area contributed by atoms with Gasteiger partial charge in [0.05, 0.1) is 12.7 Å². The normalized spacial score (nSPS) is 17.4. The molecule has 7 nitrogen and oxygen atoms in total. The van der Waals surface area contributed by atoms with Gasteiger partial charge in [-0.1, -0.05) is 18.2 Å². The molecule has 1 aromatic heterocycles. The molecule has 2 amide bonds. The molecule has 2 saturated carbocycles. The fraction of sp³-hybridized carbons (Fsp3) is 0.423. The van der Waals surface area contributed by atoms with Crippen molar-refractivity contribution in [3.63, 3.8) is 0 Å². The highest BCUT2D eigenvalue weighted by Crippen LogP contribution is 2.27. The van der Waals surface area contributed by atoms with Crippen LogP contribution in [0.25, 0.3) is 0 Å². The Kier molecular flexibility index (Phi) is 8.46. The molecule has 1 unspecified atom stereocenters. The number of hydrogen-bond donors (Lipinski definition) is 3. The fourth-order valence-corrected chi connectivity index (χ4v) is 3.82. The average Bonchev–Trinajstić information content (AvgIpc) is 3.63. The molecule has 0 bridgehead atoms. The number of nitrogen functional groups attached to an aromatic ring is 1. The number of aromatic nitrogens is 1. The standard InChI is InChI=1S/C16H21NO2.C10H13N3O/c1-11-6-4-7-13(10-11)17-16(18)14-8-5-9-15(19-3)12(14)2;11-9-4-3-8(6-12-9)10(14)13-5-7-1-2-7/h5,8-9,13H,1,4,6-7,10H2,2-3H3,(H,17,18);3-4,6-7H,1-2,5H2,(H2,11,12)(H,13,14). The van der Waals surface area contributed by atoms with E-state index in [1.807, 2.05) is 25.1 Å². The lowest BCUT2D eigenvalue weighted by atomic mass is 9.91. The zero-order chi connectivity index (χ0) is 23.8. The second-order valence-corrected chi connectivity index (χ2v) is 8.77. The summed E-state index contributed by atoms with van der Waals surface area (Å²) in [5.74, 6) is 1.80. The van der Waals surface area contributed by atoms with Crippen LogP contribution in [0.15, 0.2) is 48.7 Å². The second-order valence-electron chi connectivity index (χ2n) is 8.77. The van der Waals surface area contributed by atoms with E-state index in [9.17, 15) is 9.59 Å². The number of carbonyl (C=O) groups is 2. The van der Waals surface area contributed by atoms with Gasteiger partial charge >= 0.3 is 0 Å². The number of nitrogens with two attached hydrogens (primary N) is 1. The third-order valence-corrected chi connectivity index (χ3v) is 6.00. The maximum absolute atomic E-state index is 12.3. The SMILES string of the molecule is C=C1CCCC(NC(=O)c2cccc(OC)c2C)C1.Nc1ccc(C(=O)NCC2CC2)cn1. The largest absolute Gasteiger partial charge is 0.496 e. The van der Waals surface area contributed by atoms with Crippen LogP contribution in [0.2, 0.25) is 0 Å². The molecule has 2 aliphatic rings. The van der Waals surface area contributed by atoms with Crippen LogP contribution < -0.4 is 21.1 Å². The van der Waals surface area contributed by atoms with E-state index in [0.717, 1.165) is 43.5 Å². The van der Waals surface area contributed by atoms with E-state index in [1.165, 1.54) is 24.6 Å². The number of nitrogens with zero attached hydrogens (tertiary/aromatic N) is 1. The Morgan fingerprint density at radius 2 is 1.97 bits per heavy atom. The number of ether oxygens (including phenoxy) is 1. The molecule has 0 saturated heterocycles. The Morgan fingerprint density at radius 1 is 1.18 bits per heavy atom. The minimum atomic E-state index is -0.0654. The molecule has 176 valence electrons. The van der Waals surface area contributed by atoms with Crippen molar-refractivity contribution in [3.8, 4) is 5.75 Å².